The number of carbonyl (C=O) groups is 2. The Balaban J connectivity index is 1.67. The van der Waals surface area contributed by atoms with E-state index in [1.165, 1.54) is 5.56 Å². The molecule has 2 aromatic rings. The Bertz CT molecular complexity index is 794. The van der Waals surface area contributed by atoms with Crippen LogP contribution in [0.2, 0.25) is 0 Å². The molecule has 0 atom stereocenters. The molecule has 0 radical (unpaired) electrons. The maximum atomic E-state index is 12.7. The van der Waals surface area contributed by atoms with E-state index in [-0.39, 0.29) is 5.91 Å². The van der Waals surface area contributed by atoms with Gasteiger partial charge in [0.05, 0.1) is 5.56 Å². The van der Waals surface area contributed by atoms with Crippen LogP contribution in [-0.2, 0) is 0 Å². The van der Waals surface area contributed by atoms with Crippen LogP contribution in [0.25, 0.3) is 0 Å². The molecule has 0 unspecified atom stereocenters. The zero-order chi connectivity index (χ0) is 18.7. The first-order chi connectivity index (χ1) is 12.5. The second-order valence-corrected chi connectivity index (χ2v) is 6.79. The molecule has 0 saturated carbocycles. The van der Waals surface area contributed by atoms with Gasteiger partial charge in [-0.25, -0.2) is 4.98 Å². The van der Waals surface area contributed by atoms with Crippen molar-refractivity contribution in [1.29, 1.82) is 0 Å². The molecule has 2 amide bonds. The molecular formula is C20H24N4O2. The molecule has 1 saturated heterocycles. The molecule has 0 aliphatic carbocycles. The van der Waals surface area contributed by atoms with Gasteiger partial charge >= 0.3 is 0 Å². The summed E-state index contributed by atoms with van der Waals surface area (Å²) in [4.78, 5) is 32.5. The van der Waals surface area contributed by atoms with E-state index < -0.39 is 5.91 Å². The van der Waals surface area contributed by atoms with Gasteiger partial charge < -0.3 is 15.5 Å². The van der Waals surface area contributed by atoms with Gasteiger partial charge in [-0.15, -0.1) is 0 Å². The number of primary amides is 1. The summed E-state index contributed by atoms with van der Waals surface area (Å²) in [7, 11) is 0. The molecule has 0 spiro atoms. The molecule has 3 rings (SSSR count). The molecule has 1 aromatic carbocycles. The molecule has 1 aromatic heterocycles. The topological polar surface area (TPSA) is 79.5 Å². The molecule has 26 heavy (non-hydrogen) atoms. The SMILES string of the molecule is CC(C)c1ccc(C(=O)N2CCN(c3ncccc3C(N)=O)CC2)cc1. The third-order valence-corrected chi connectivity index (χ3v) is 4.74. The summed E-state index contributed by atoms with van der Waals surface area (Å²) >= 11 is 0. The Labute approximate surface area is 153 Å². The molecular weight excluding hydrogens is 328 g/mol. The van der Waals surface area contributed by atoms with Gasteiger partial charge in [-0.2, -0.15) is 0 Å². The van der Waals surface area contributed by atoms with E-state index >= 15 is 0 Å². The molecule has 1 aliphatic heterocycles. The van der Waals surface area contributed by atoms with Gasteiger partial charge in [0.25, 0.3) is 11.8 Å². The normalized spacial score (nSPS) is 14.6. The maximum absolute atomic E-state index is 12.7. The summed E-state index contributed by atoms with van der Waals surface area (Å²) in [5, 5.41) is 0. The fraction of sp³-hybridized carbons (Fsp3) is 0.350. The van der Waals surface area contributed by atoms with Gasteiger partial charge in [0.15, 0.2) is 0 Å². The first kappa shape index (κ1) is 17.9. The molecule has 1 fully saturated rings. The number of aromatic nitrogens is 1. The van der Waals surface area contributed by atoms with Crippen LogP contribution in [0.3, 0.4) is 0 Å². The van der Waals surface area contributed by atoms with Crippen molar-refractivity contribution in [3.63, 3.8) is 0 Å². The van der Waals surface area contributed by atoms with Gasteiger partial charge in [-0.1, -0.05) is 26.0 Å². The summed E-state index contributed by atoms with van der Waals surface area (Å²) in [6.07, 6.45) is 1.65. The number of piperazine rings is 1. The molecule has 2 N–H and O–H groups in total. The van der Waals surface area contributed by atoms with E-state index in [1.54, 1.807) is 18.3 Å². The highest BCUT2D eigenvalue weighted by Gasteiger charge is 2.25. The zero-order valence-corrected chi connectivity index (χ0v) is 15.2. The van der Waals surface area contributed by atoms with Crippen LogP contribution < -0.4 is 10.6 Å². The Morgan fingerprint density at radius 3 is 2.27 bits per heavy atom. The Morgan fingerprint density at radius 2 is 1.69 bits per heavy atom. The number of hydrogen-bond acceptors (Lipinski definition) is 4. The molecule has 2 heterocycles. The highest BCUT2D eigenvalue weighted by molar-refractivity contribution is 5.98. The summed E-state index contributed by atoms with van der Waals surface area (Å²) in [5.41, 5.74) is 7.78. The number of pyridine rings is 1. The Morgan fingerprint density at radius 1 is 1.04 bits per heavy atom. The van der Waals surface area contributed by atoms with Crippen molar-refractivity contribution in [2.45, 2.75) is 19.8 Å². The average molecular weight is 352 g/mol. The van der Waals surface area contributed by atoms with Crippen LogP contribution in [0.4, 0.5) is 5.82 Å². The van der Waals surface area contributed by atoms with Crippen LogP contribution in [-0.4, -0.2) is 47.9 Å². The number of carbonyl (C=O) groups excluding carboxylic acids is 2. The van der Waals surface area contributed by atoms with Gasteiger partial charge in [-0.05, 0) is 35.7 Å². The summed E-state index contributed by atoms with van der Waals surface area (Å²) in [6.45, 7) is 6.67. The van der Waals surface area contributed by atoms with Crippen molar-refractivity contribution >= 4 is 17.6 Å². The highest BCUT2D eigenvalue weighted by Crippen LogP contribution is 2.20. The van der Waals surface area contributed by atoms with Crippen LogP contribution in [0.5, 0.6) is 0 Å². The number of nitrogens with two attached hydrogens (primary N) is 1. The first-order valence-corrected chi connectivity index (χ1v) is 8.86. The number of nitrogens with zero attached hydrogens (tertiary/aromatic N) is 3. The fourth-order valence-corrected chi connectivity index (χ4v) is 3.16. The van der Waals surface area contributed by atoms with E-state index in [2.05, 4.69) is 18.8 Å². The van der Waals surface area contributed by atoms with Crippen molar-refractivity contribution in [3.05, 3.63) is 59.3 Å². The molecule has 6 heteroatoms. The minimum atomic E-state index is -0.489. The third-order valence-electron chi connectivity index (χ3n) is 4.74. The van der Waals surface area contributed by atoms with Crippen LogP contribution in [0, 0.1) is 0 Å². The molecule has 6 nitrogen and oxygen atoms in total. The van der Waals surface area contributed by atoms with Gasteiger partial charge in [0.2, 0.25) is 0 Å². The second-order valence-electron chi connectivity index (χ2n) is 6.79. The van der Waals surface area contributed by atoms with E-state index in [0.717, 1.165) is 0 Å². The highest BCUT2D eigenvalue weighted by atomic mass is 16.2. The number of hydrogen-bond donors (Lipinski definition) is 1. The lowest BCUT2D eigenvalue weighted by atomic mass is 10.0. The lowest BCUT2D eigenvalue weighted by molar-refractivity contribution is 0.0745. The van der Waals surface area contributed by atoms with Crippen molar-refractivity contribution in [2.24, 2.45) is 5.73 Å². The zero-order valence-electron chi connectivity index (χ0n) is 15.2. The molecule has 1 aliphatic rings. The lowest BCUT2D eigenvalue weighted by Gasteiger charge is -2.36. The maximum Gasteiger partial charge on any atom is 0.253 e. The predicted octanol–water partition coefficient (Wildman–Crippen LogP) is 2.27. The third kappa shape index (κ3) is 3.69. The van der Waals surface area contributed by atoms with E-state index in [9.17, 15) is 9.59 Å². The second kappa shape index (κ2) is 7.56. The summed E-state index contributed by atoms with van der Waals surface area (Å²) < 4.78 is 0. The summed E-state index contributed by atoms with van der Waals surface area (Å²) in [5.74, 6) is 0.585. The number of anilines is 1. The Kier molecular flexibility index (Phi) is 5.21. The number of benzene rings is 1. The van der Waals surface area contributed by atoms with Crippen molar-refractivity contribution < 1.29 is 9.59 Å². The molecule has 0 bridgehead atoms. The largest absolute Gasteiger partial charge is 0.365 e. The number of rotatable bonds is 4. The average Bonchev–Trinajstić information content (AvgIpc) is 2.67. The predicted molar refractivity (Wildman–Crippen MR) is 101 cm³/mol. The van der Waals surface area contributed by atoms with Crippen molar-refractivity contribution in [2.75, 3.05) is 31.1 Å². The van der Waals surface area contributed by atoms with Crippen molar-refractivity contribution in [1.82, 2.24) is 9.88 Å². The van der Waals surface area contributed by atoms with Crippen LogP contribution in [0.1, 0.15) is 46.0 Å². The minimum absolute atomic E-state index is 0.0381. The first-order valence-electron chi connectivity index (χ1n) is 8.86. The minimum Gasteiger partial charge on any atom is -0.365 e. The van der Waals surface area contributed by atoms with Crippen molar-refractivity contribution in [3.8, 4) is 0 Å². The quantitative estimate of drug-likeness (QED) is 0.915. The monoisotopic (exact) mass is 352 g/mol. The van der Waals surface area contributed by atoms with E-state index in [4.69, 9.17) is 5.73 Å². The van der Waals surface area contributed by atoms with Crippen LogP contribution >= 0.6 is 0 Å². The van der Waals surface area contributed by atoms with Gasteiger partial charge in [-0.3, -0.25) is 9.59 Å². The molecule has 136 valence electrons. The lowest BCUT2D eigenvalue weighted by Crippen LogP contribution is -2.49. The standard InChI is InChI=1S/C20H24N4O2/c1-14(2)15-5-7-16(8-6-15)20(26)24-12-10-23(11-13-24)19-17(18(21)25)4-3-9-22-19/h3-9,14H,10-13H2,1-2H3,(H2,21,25). The fourth-order valence-electron chi connectivity index (χ4n) is 3.16. The van der Waals surface area contributed by atoms with Gasteiger partial charge in [0, 0.05) is 37.9 Å². The smallest absolute Gasteiger partial charge is 0.253 e. The van der Waals surface area contributed by atoms with E-state index in [0.29, 0.717) is 49.0 Å². The Hall–Kier alpha value is -2.89. The van der Waals surface area contributed by atoms with E-state index in [1.807, 2.05) is 34.1 Å². The van der Waals surface area contributed by atoms with Gasteiger partial charge in [0.1, 0.15) is 5.82 Å². The summed E-state index contributed by atoms with van der Waals surface area (Å²) in [6, 6.07) is 11.2. The van der Waals surface area contributed by atoms with Crippen LogP contribution in [0.15, 0.2) is 42.6 Å². The number of amides is 2.